The van der Waals surface area contributed by atoms with Gasteiger partial charge in [0.2, 0.25) is 5.91 Å². The van der Waals surface area contributed by atoms with Gasteiger partial charge in [-0.2, -0.15) is 0 Å². The number of aromatic nitrogens is 1. The van der Waals surface area contributed by atoms with Crippen LogP contribution in [0.25, 0.3) is 10.2 Å². The van der Waals surface area contributed by atoms with E-state index in [1.807, 2.05) is 74.5 Å². The molecule has 0 unspecified atom stereocenters. The zero-order valence-electron chi connectivity index (χ0n) is 17.6. The Labute approximate surface area is 194 Å². The van der Waals surface area contributed by atoms with E-state index in [0.29, 0.717) is 5.69 Å². The first-order chi connectivity index (χ1) is 15.4. The number of thioether (sulfide) groups is 1. The zero-order valence-corrected chi connectivity index (χ0v) is 19.3. The molecule has 0 aliphatic heterocycles. The molecule has 3 aromatic carbocycles. The van der Waals surface area contributed by atoms with E-state index in [4.69, 9.17) is 0 Å². The third-order valence-electron chi connectivity index (χ3n) is 4.49. The topological polar surface area (TPSA) is 83.1 Å². The largest absolute Gasteiger partial charge is 0.325 e. The molecule has 162 valence electrons. The predicted octanol–water partition coefficient (Wildman–Crippen LogP) is 6.29. The molecular formula is C24H22N4O2S2. The Hall–Kier alpha value is -3.36. The number of amides is 3. The summed E-state index contributed by atoms with van der Waals surface area (Å²) in [7, 11) is 0. The van der Waals surface area contributed by atoms with Crippen molar-refractivity contribution in [1.29, 1.82) is 0 Å². The van der Waals surface area contributed by atoms with Gasteiger partial charge in [-0.15, -0.1) is 11.3 Å². The number of para-hydroxylation sites is 1. The van der Waals surface area contributed by atoms with E-state index in [1.165, 1.54) is 23.1 Å². The van der Waals surface area contributed by atoms with E-state index in [0.717, 1.165) is 37.1 Å². The Bertz CT molecular complexity index is 1250. The lowest BCUT2D eigenvalue weighted by Crippen LogP contribution is -2.19. The summed E-state index contributed by atoms with van der Waals surface area (Å²) in [6.07, 6.45) is 0. The molecule has 0 atom stereocenters. The fourth-order valence-electron chi connectivity index (χ4n) is 3.23. The highest BCUT2D eigenvalue weighted by Crippen LogP contribution is 2.31. The number of hydrogen-bond donors (Lipinski definition) is 3. The van der Waals surface area contributed by atoms with Crippen molar-refractivity contribution in [2.75, 3.05) is 21.7 Å². The first kappa shape index (κ1) is 21.9. The maximum Gasteiger partial charge on any atom is 0.323 e. The molecule has 1 aromatic heterocycles. The molecule has 0 saturated heterocycles. The van der Waals surface area contributed by atoms with Gasteiger partial charge in [0.25, 0.3) is 0 Å². The minimum absolute atomic E-state index is 0.0702. The second kappa shape index (κ2) is 9.84. The molecule has 0 saturated carbocycles. The molecule has 0 aliphatic rings. The Morgan fingerprint density at radius 1 is 0.844 bits per heavy atom. The van der Waals surface area contributed by atoms with Crippen molar-refractivity contribution in [3.63, 3.8) is 0 Å². The fraction of sp³-hybridized carbons (Fsp3) is 0.125. The van der Waals surface area contributed by atoms with Crippen LogP contribution in [0.4, 0.5) is 21.9 Å². The number of anilines is 3. The van der Waals surface area contributed by atoms with E-state index in [2.05, 4.69) is 27.0 Å². The van der Waals surface area contributed by atoms with Gasteiger partial charge in [-0.3, -0.25) is 4.79 Å². The standard InChI is InChI=1S/C24H22N4O2S2/c1-15-10-16(2)12-19(11-15)25-22(29)14-31-24-28-20-9-8-18(13-21(20)32-24)27-23(30)26-17-6-4-3-5-7-17/h3-13H,14H2,1-2H3,(H,25,29)(H2,26,27,30). The minimum atomic E-state index is -0.308. The summed E-state index contributed by atoms with van der Waals surface area (Å²) < 4.78 is 1.75. The number of hydrogen-bond acceptors (Lipinski definition) is 5. The highest BCUT2D eigenvalue weighted by molar-refractivity contribution is 8.01. The van der Waals surface area contributed by atoms with Crippen molar-refractivity contribution in [2.24, 2.45) is 0 Å². The molecule has 1 heterocycles. The maximum absolute atomic E-state index is 12.3. The van der Waals surface area contributed by atoms with Crippen LogP contribution in [-0.2, 0) is 4.79 Å². The molecule has 4 aromatic rings. The molecule has 6 nitrogen and oxygen atoms in total. The molecule has 0 spiro atoms. The normalized spacial score (nSPS) is 10.7. The first-order valence-corrected chi connectivity index (χ1v) is 11.8. The van der Waals surface area contributed by atoms with Gasteiger partial charge in [-0.05, 0) is 67.4 Å². The van der Waals surface area contributed by atoms with Crippen molar-refractivity contribution in [3.8, 4) is 0 Å². The number of carbonyl (C=O) groups is 2. The lowest BCUT2D eigenvalue weighted by Gasteiger charge is -2.07. The van der Waals surface area contributed by atoms with Crippen molar-refractivity contribution in [3.05, 3.63) is 77.9 Å². The third-order valence-corrected chi connectivity index (χ3v) is 6.65. The van der Waals surface area contributed by atoms with Gasteiger partial charge in [0.05, 0.1) is 16.0 Å². The molecule has 8 heteroatoms. The summed E-state index contributed by atoms with van der Waals surface area (Å²) >= 11 is 2.89. The van der Waals surface area contributed by atoms with Crippen LogP contribution in [0.3, 0.4) is 0 Å². The van der Waals surface area contributed by atoms with Crippen LogP contribution < -0.4 is 16.0 Å². The van der Waals surface area contributed by atoms with Gasteiger partial charge in [-0.1, -0.05) is 36.0 Å². The molecule has 4 rings (SSSR count). The molecule has 0 aliphatic carbocycles. The van der Waals surface area contributed by atoms with Gasteiger partial charge in [0.1, 0.15) is 0 Å². The van der Waals surface area contributed by atoms with E-state index >= 15 is 0 Å². The van der Waals surface area contributed by atoms with E-state index in [1.54, 1.807) is 0 Å². The van der Waals surface area contributed by atoms with Gasteiger partial charge < -0.3 is 16.0 Å². The van der Waals surface area contributed by atoms with Gasteiger partial charge >= 0.3 is 6.03 Å². The van der Waals surface area contributed by atoms with Gasteiger partial charge in [0.15, 0.2) is 4.34 Å². The van der Waals surface area contributed by atoms with Crippen LogP contribution in [0.2, 0.25) is 0 Å². The number of urea groups is 1. The number of aryl methyl sites for hydroxylation is 2. The molecule has 3 N–H and O–H groups in total. The zero-order chi connectivity index (χ0) is 22.5. The fourth-order valence-corrected chi connectivity index (χ4v) is 5.14. The quantitative estimate of drug-likeness (QED) is 0.294. The number of rotatable bonds is 6. The van der Waals surface area contributed by atoms with Crippen molar-refractivity contribution in [2.45, 2.75) is 18.2 Å². The number of thiazole rings is 1. The molecular weight excluding hydrogens is 440 g/mol. The molecule has 0 radical (unpaired) electrons. The van der Waals surface area contributed by atoms with Crippen LogP contribution in [0.15, 0.2) is 71.1 Å². The van der Waals surface area contributed by atoms with Crippen LogP contribution in [-0.4, -0.2) is 22.7 Å². The molecule has 0 bridgehead atoms. The molecule has 32 heavy (non-hydrogen) atoms. The van der Waals surface area contributed by atoms with Crippen molar-refractivity contribution >= 4 is 62.3 Å². The summed E-state index contributed by atoms with van der Waals surface area (Å²) in [6, 6.07) is 20.5. The molecule has 0 fully saturated rings. The maximum atomic E-state index is 12.3. The SMILES string of the molecule is Cc1cc(C)cc(NC(=O)CSc2nc3ccc(NC(=O)Nc4ccccc4)cc3s2)c1. The number of nitrogens with zero attached hydrogens (tertiary/aromatic N) is 1. The van der Waals surface area contributed by atoms with Crippen LogP contribution in [0, 0.1) is 13.8 Å². The Morgan fingerprint density at radius 3 is 2.31 bits per heavy atom. The minimum Gasteiger partial charge on any atom is -0.325 e. The molecule has 3 amide bonds. The second-order valence-electron chi connectivity index (χ2n) is 7.32. The monoisotopic (exact) mass is 462 g/mol. The Morgan fingerprint density at radius 2 is 1.56 bits per heavy atom. The van der Waals surface area contributed by atoms with Crippen molar-refractivity contribution in [1.82, 2.24) is 4.98 Å². The number of benzene rings is 3. The van der Waals surface area contributed by atoms with Crippen molar-refractivity contribution < 1.29 is 9.59 Å². The Kier molecular flexibility index (Phi) is 6.72. The van der Waals surface area contributed by atoms with E-state index in [-0.39, 0.29) is 17.7 Å². The summed E-state index contributed by atoms with van der Waals surface area (Å²) in [5.74, 6) is 0.205. The summed E-state index contributed by atoms with van der Waals surface area (Å²) in [4.78, 5) is 29.1. The lowest BCUT2D eigenvalue weighted by atomic mass is 10.1. The average Bonchev–Trinajstić information content (AvgIpc) is 3.14. The highest BCUT2D eigenvalue weighted by Gasteiger charge is 2.10. The van der Waals surface area contributed by atoms with E-state index < -0.39 is 0 Å². The smallest absolute Gasteiger partial charge is 0.323 e. The van der Waals surface area contributed by atoms with Crippen LogP contribution >= 0.6 is 23.1 Å². The third kappa shape index (κ3) is 5.87. The Balaban J connectivity index is 1.35. The summed E-state index contributed by atoms with van der Waals surface area (Å²) in [5.41, 5.74) is 5.27. The number of nitrogens with one attached hydrogen (secondary N) is 3. The second-order valence-corrected chi connectivity index (χ2v) is 9.57. The average molecular weight is 463 g/mol. The highest BCUT2D eigenvalue weighted by atomic mass is 32.2. The summed E-state index contributed by atoms with van der Waals surface area (Å²) in [5, 5.41) is 8.57. The van der Waals surface area contributed by atoms with Crippen LogP contribution in [0.5, 0.6) is 0 Å². The van der Waals surface area contributed by atoms with Gasteiger partial charge in [0, 0.05) is 17.1 Å². The lowest BCUT2D eigenvalue weighted by molar-refractivity contribution is -0.113. The first-order valence-electron chi connectivity index (χ1n) is 9.99. The predicted molar refractivity (Wildman–Crippen MR) is 134 cm³/mol. The van der Waals surface area contributed by atoms with E-state index in [9.17, 15) is 9.59 Å². The van der Waals surface area contributed by atoms with Crippen LogP contribution in [0.1, 0.15) is 11.1 Å². The number of carbonyl (C=O) groups excluding carboxylic acids is 2. The summed E-state index contributed by atoms with van der Waals surface area (Å²) in [6.45, 7) is 4.01. The van der Waals surface area contributed by atoms with Gasteiger partial charge in [-0.25, -0.2) is 9.78 Å². The number of fused-ring (bicyclic) bond motifs is 1.